The van der Waals surface area contributed by atoms with E-state index in [1.165, 1.54) is 28.2 Å². The Bertz CT molecular complexity index is 1040. The van der Waals surface area contributed by atoms with Gasteiger partial charge < -0.3 is 14.8 Å². The van der Waals surface area contributed by atoms with Crippen LogP contribution in [0.15, 0.2) is 52.3 Å². The van der Waals surface area contributed by atoms with Crippen LogP contribution in [0.1, 0.15) is 19.4 Å². The summed E-state index contributed by atoms with van der Waals surface area (Å²) in [5.41, 5.74) is 1.51. The number of rotatable bonds is 6. The third-order valence-corrected chi connectivity index (χ3v) is 8.33. The van der Waals surface area contributed by atoms with Crippen LogP contribution in [0.25, 0.3) is 0 Å². The third kappa shape index (κ3) is 4.90. The van der Waals surface area contributed by atoms with E-state index in [-0.39, 0.29) is 22.2 Å². The fourth-order valence-corrected chi connectivity index (χ4v) is 6.23. The van der Waals surface area contributed by atoms with Crippen molar-refractivity contribution in [1.29, 1.82) is 0 Å². The van der Waals surface area contributed by atoms with Crippen LogP contribution in [0.3, 0.4) is 0 Å². The molecular weight excluding hydrogens is 436 g/mol. The van der Waals surface area contributed by atoms with E-state index in [9.17, 15) is 13.2 Å². The molecule has 0 spiro atoms. The molecule has 1 saturated heterocycles. The number of sulfonamides is 1. The number of hydrogen-bond acceptors (Lipinski definition) is 6. The van der Waals surface area contributed by atoms with Gasteiger partial charge in [-0.05, 0) is 50.1 Å². The van der Waals surface area contributed by atoms with E-state index in [0.717, 1.165) is 10.5 Å². The van der Waals surface area contributed by atoms with Crippen molar-refractivity contribution < 1.29 is 22.7 Å². The lowest BCUT2D eigenvalue weighted by molar-refractivity contribution is -0.115. The second-order valence-corrected chi connectivity index (χ2v) is 10.9. The van der Waals surface area contributed by atoms with Crippen LogP contribution in [-0.2, 0) is 26.0 Å². The van der Waals surface area contributed by atoms with Crippen molar-refractivity contribution in [1.82, 2.24) is 4.31 Å². The topological polar surface area (TPSA) is 84.9 Å². The van der Waals surface area contributed by atoms with E-state index >= 15 is 0 Å². The number of nitrogens with zero attached hydrogens (tertiary/aromatic N) is 1. The highest BCUT2D eigenvalue weighted by atomic mass is 32.2. The molecule has 4 rings (SSSR count). The number of ether oxygens (including phenoxy) is 2. The average Bonchev–Trinajstić information content (AvgIpc) is 3.19. The minimum absolute atomic E-state index is 0.123. The molecule has 166 valence electrons. The van der Waals surface area contributed by atoms with Crippen molar-refractivity contribution in [2.45, 2.75) is 41.4 Å². The molecule has 2 aliphatic rings. The molecule has 2 heterocycles. The quantitative estimate of drug-likeness (QED) is 0.710. The van der Waals surface area contributed by atoms with Crippen molar-refractivity contribution in [3.8, 4) is 5.75 Å². The molecule has 2 aromatic carbocycles. The van der Waals surface area contributed by atoms with Gasteiger partial charge in [0.05, 0.1) is 35.2 Å². The van der Waals surface area contributed by atoms with Gasteiger partial charge >= 0.3 is 0 Å². The van der Waals surface area contributed by atoms with Gasteiger partial charge in [-0.1, -0.05) is 18.2 Å². The first-order chi connectivity index (χ1) is 14.8. The van der Waals surface area contributed by atoms with Crippen molar-refractivity contribution in [2.75, 3.05) is 31.6 Å². The van der Waals surface area contributed by atoms with E-state index in [2.05, 4.69) is 5.32 Å². The summed E-state index contributed by atoms with van der Waals surface area (Å²) in [6, 6.07) is 12.6. The molecule has 0 radical (unpaired) electrons. The number of thioether (sulfide) groups is 1. The van der Waals surface area contributed by atoms with Crippen LogP contribution in [0.4, 0.5) is 5.69 Å². The van der Waals surface area contributed by atoms with E-state index < -0.39 is 10.0 Å². The van der Waals surface area contributed by atoms with Crippen LogP contribution in [0, 0.1) is 0 Å². The Morgan fingerprint density at radius 3 is 2.65 bits per heavy atom. The van der Waals surface area contributed by atoms with Crippen molar-refractivity contribution in [3.05, 3.63) is 48.0 Å². The molecule has 0 saturated carbocycles. The summed E-state index contributed by atoms with van der Waals surface area (Å²) in [5.74, 6) is 0.278. The summed E-state index contributed by atoms with van der Waals surface area (Å²) in [7, 11) is -3.69. The lowest BCUT2D eigenvalue weighted by Crippen LogP contribution is -2.40. The van der Waals surface area contributed by atoms with Crippen molar-refractivity contribution in [3.63, 3.8) is 0 Å². The Morgan fingerprint density at radius 1 is 1.19 bits per heavy atom. The largest absolute Gasteiger partial charge is 0.489 e. The number of fused-ring (bicyclic) bond motifs is 1. The number of carbonyl (C=O) groups excluding carboxylic acids is 1. The third-order valence-electron chi connectivity index (χ3n) is 5.12. The molecule has 9 heteroatoms. The maximum Gasteiger partial charge on any atom is 0.243 e. The highest BCUT2D eigenvalue weighted by Gasteiger charge is 2.30. The van der Waals surface area contributed by atoms with E-state index in [0.29, 0.717) is 44.2 Å². The summed E-state index contributed by atoms with van der Waals surface area (Å²) in [6.45, 7) is 5.13. The van der Waals surface area contributed by atoms with Crippen LogP contribution >= 0.6 is 11.8 Å². The highest BCUT2D eigenvalue weighted by molar-refractivity contribution is 8.01. The van der Waals surface area contributed by atoms with Gasteiger partial charge in [-0.3, -0.25) is 4.79 Å². The van der Waals surface area contributed by atoms with Crippen molar-refractivity contribution >= 4 is 33.4 Å². The zero-order valence-corrected chi connectivity index (χ0v) is 19.2. The van der Waals surface area contributed by atoms with Gasteiger partial charge in [0.2, 0.25) is 15.9 Å². The standard InChI is InChI=1S/C22H26N2O5S2/c1-15(2)29-19-8-7-17(31(26,27)24-9-11-28-12-10-24)14-18(19)23-22(25)21-13-16-5-3-4-6-20(16)30-21/h3-8,14-15,21H,9-13H2,1-2H3,(H,23,25). The van der Waals surface area contributed by atoms with Gasteiger partial charge in [0.15, 0.2) is 0 Å². The minimum Gasteiger partial charge on any atom is -0.489 e. The molecule has 1 unspecified atom stereocenters. The SMILES string of the molecule is CC(C)Oc1ccc(S(=O)(=O)N2CCOCC2)cc1NC(=O)C1Cc2ccccc2S1. The zero-order chi connectivity index (χ0) is 22.0. The smallest absolute Gasteiger partial charge is 0.243 e. The van der Waals surface area contributed by atoms with Gasteiger partial charge in [-0.25, -0.2) is 8.42 Å². The predicted octanol–water partition coefficient (Wildman–Crippen LogP) is 3.15. The van der Waals surface area contributed by atoms with Crippen LogP contribution < -0.4 is 10.1 Å². The minimum atomic E-state index is -3.69. The molecular formula is C22H26N2O5S2. The average molecular weight is 463 g/mol. The first-order valence-electron chi connectivity index (χ1n) is 10.3. The van der Waals surface area contributed by atoms with Gasteiger partial charge in [-0.15, -0.1) is 11.8 Å². The lowest BCUT2D eigenvalue weighted by Gasteiger charge is -2.26. The normalized spacial score (nSPS) is 19.3. The number of benzene rings is 2. The predicted molar refractivity (Wildman–Crippen MR) is 120 cm³/mol. The monoisotopic (exact) mass is 462 g/mol. The Kier molecular flexibility index (Phi) is 6.57. The number of carbonyl (C=O) groups is 1. The van der Waals surface area contributed by atoms with Crippen LogP contribution in [0.2, 0.25) is 0 Å². The van der Waals surface area contributed by atoms with E-state index in [1.807, 2.05) is 38.1 Å². The second kappa shape index (κ2) is 9.20. The molecule has 0 aromatic heterocycles. The Morgan fingerprint density at radius 2 is 1.94 bits per heavy atom. The zero-order valence-electron chi connectivity index (χ0n) is 17.5. The Balaban J connectivity index is 1.59. The van der Waals surface area contributed by atoms with Crippen LogP contribution in [-0.4, -0.2) is 56.3 Å². The highest BCUT2D eigenvalue weighted by Crippen LogP contribution is 2.38. The van der Waals surface area contributed by atoms with Gasteiger partial charge in [0.1, 0.15) is 5.75 Å². The lowest BCUT2D eigenvalue weighted by atomic mass is 10.1. The summed E-state index contributed by atoms with van der Waals surface area (Å²) in [4.78, 5) is 14.2. The molecule has 7 nitrogen and oxygen atoms in total. The molecule has 2 aliphatic heterocycles. The number of anilines is 1. The summed E-state index contributed by atoms with van der Waals surface area (Å²) in [6.07, 6.45) is 0.515. The fourth-order valence-electron chi connectivity index (χ4n) is 3.60. The molecule has 31 heavy (non-hydrogen) atoms. The fraction of sp³-hybridized carbons (Fsp3) is 0.409. The molecule has 1 atom stereocenters. The van der Waals surface area contributed by atoms with E-state index in [4.69, 9.17) is 9.47 Å². The number of amides is 1. The van der Waals surface area contributed by atoms with Gasteiger partial charge in [0.25, 0.3) is 0 Å². The summed E-state index contributed by atoms with van der Waals surface area (Å²) < 4.78 is 38.7. The molecule has 0 bridgehead atoms. The number of nitrogens with one attached hydrogen (secondary N) is 1. The van der Waals surface area contributed by atoms with Crippen molar-refractivity contribution in [2.24, 2.45) is 0 Å². The van der Waals surface area contributed by atoms with Crippen LogP contribution in [0.5, 0.6) is 5.75 Å². The van der Waals surface area contributed by atoms with Gasteiger partial charge in [-0.2, -0.15) is 4.31 Å². The summed E-state index contributed by atoms with van der Waals surface area (Å²) in [5, 5.41) is 2.64. The van der Waals surface area contributed by atoms with E-state index in [1.54, 1.807) is 6.07 Å². The maximum absolute atomic E-state index is 13.1. The molecule has 1 fully saturated rings. The Labute approximate surface area is 187 Å². The maximum atomic E-state index is 13.1. The summed E-state index contributed by atoms with van der Waals surface area (Å²) >= 11 is 1.52. The van der Waals surface area contributed by atoms with Gasteiger partial charge in [0, 0.05) is 18.0 Å². The first-order valence-corrected chi connectivity index (χ1v) is 12.6. The number of hydrogen-bond donors (Lipinski definition) is 1. The Hall–Kier alpha value is -2.07. The molecule has 0 aliphatic carbocycles. The molecule has 1 N–H and O–H groups in total. The first kappa shape index (κ1) is 22.1. The molecule has 1 amide bonds. The second-order valence-electron chi connectivity index (χ2n) is 7.75. The number of morpholine rings is 1. The molecule has 2 aromatic rings.